The minimum absolute atomic E-state index is 0.166. The number of carbonyl (C=O) groups is 2. The summed E-state index contributed by atoms with van der Waals surface area (Å²) in [5.41, 5.74) is 0.584. The summed E-state index contributed by atoms with van der Waals surface area (Å²) >= 11 is 0. The highest BCUT2D eigenvalue weighted by molar-refractivity contribution is 6.05. The zero-order chi connectivity index (χ0) is 13.3. The first-order valence-electron chi connectivity index (χ1n) is 5.78. The van der Waals surface area contributed by atoms with Crippen LogP contribution in [0.1, 0.15) is 31.4 Å². The number of nitriles is 1. The fraction of sp³-hybridized carbons (Fsp3) is 0.357. The lowest BCUT2D eigenvalue weighted by molar-refractivity contribution is -0.141. The topological polar surface area (TPSA) is 61.2 Å². The first-order chi connectivity index (χ1) is 8.45. The van der Waals surface area contributed by atoms with Crippen LogP contribution in [0.4, 0.5) is 0 Å². The van der Waals surface area contributed by atoms with Crippen molar-refractivity contribution >= 4 is 11.8 Å². The first-order valence-corrected chi connectivity index (χ1v) is 5.78. The van der Waals surface area contributed by atoms with Gasteiger partial charge < -0.3 is 0 Å². The molecule has 4 heteroatoms. The summed E-state index contributed by atoms with van der Waals surface area (Å²) in [6, 6.07) is 9.09. The van der Waals surface area contributed by atoms with Crippen LogP contribution in [-0.2, 0) is 16.1 Å². The lowest BCUT2D eigenvalue weighted by Gasteiger charge is -2.18. The number of hydrogen-bond acceptors (Lipinski definition) is 3. The fourth-order valence-corrected chi connectivity index (χ4v) is 2.13. The highest BCUT2D eigenvalue weighted by atomic mass is 16.2. The summed E-state index contributed by atoms with van der Waals surface area (Å²) in [5, 5.41) is 8.99. The van der Waals surface area contributed by atoms with Gasteiger partial charge in [0.1, 0.15) is 0 Å². The van der Waals surface area contributed by atoms with Crippen molar-refractivity contribution in [2.75, 3.05) is 0 Å². The molecule has 1 saturated heterocycles. The molecule has 92 valence electrons. The SMILES string of the molecule is CC1(C)CC(=O)N(Cc2ccccc2C#N)C1=O. The normalized spacial score (nSPS) is 17.9. The molecular formula is C14H14N2O2. The number of benzene rings is 1. The number of nitrogens with zero attached hydrogens (tertiary/aromatic N) is 2. The zero-order valence-corrected chi connectivity index (χ0v) is 10.4. The molecule has 0 saturated carbocycles. The Labute approximate surface area is 106 Å². The Morgan fingerprint density at radius 2 is 2.00 bits per heavy atom. The van der Waals surface area contributed by atoms with Gasteiger partial charge in [0.25, 0.3) is 0 Å². The lowest BCUT2D eigenvalue weighted by atomic mass is 9.92. The van der Waals surface area contributed by atoms with Gasteiger partial charge in [-0.05, 0) is 11.6 Å². The van der Waals surface area contributed by atoms with Crippen molar-refractivity contribution in [3.05, 3.63) is 35.4 Å². The average molecular weight is 242 g/mol. The number of imide groups is 1. The van der Waals surface area contributed by atoms with Gasteiger partial charge in [-0.1, -0.05) is 32.0 Å². The minimum atomic E-state index is -0.626. The Morgan fingerprint density at radius 1 is 1.33 bits per heavy atom. The zero-order valence-electron chi connectivity index (χ0n) is 10.4. The summed E-state index contributed by atoms with van der Waals surface area (Å²) in [6.45, 7) is 3.72. The second-order valence-electron chi connectivity index (χ2n) is 5.11. The molecule has 4 nitrogen and oxygen atoms in total. The summed E-state index contributed by atoms with van der Waals surface area (Å²) in [5.74, 6) is -0.335. The van der Waals surface area contributed by atoms with Crippen LogP contribution in [0.5, 0.6) is 0 Å². The van der Waals surface area contributed by atoms with Crippen molar-refractivity contribution in [1.82, 2.24) is 4.90 Å². The molecule has 1 aromatic carbocycles. The van der Waals surface area contributed by atoms with Gasteiger partial charge in [0, 0.05) is 6.42 Å². The third-order valence-corrected chi connectivity index (χ3v) is 3.18. The molecule has 2 rings (SSSR count). The predicted octanol–water partition coefficient (Wildman–Crippen LogP) is 1.84. The van der Waals surface area contributed by atoms with Crippen LogP contribution in [0.15, 0.2) is 24.3 Å². The molecule has 1 fully saturated rings. The molecule has 0 aromatic heterocycles. The van der Waals surface area contributed by atoms with Crippen molar-refractivity contribution in [3.63, 3.8) is 0 Å². The summed E-state index contributed by atoms with van der Waals surface area (Å²) in [7, 11) is 0. The monoisotopic (exact) mass is 242 g/mol. The van der Waals surface area contributed by atoms with Crippen LogP contribution in [0.2, 0.25) is 0 Å². The van der Waals surface area contributed by atoms with Crippen molar-refractivity contribution in [2.45, 2.75) is 26.8 Å². The standard InChI is InChI=1S/C14H14N2O2/c1-14(2)7-12(17)16(13(14)18)9-11-6-4-3-5-10(11)8-15/h3-6H,7,9H2,1-2H3. The van der Waals surface area contributed by atoms with Crippen LogP contribution < -0.4 is 0 Å². The maximum absolute atomic E-state index is 12.1. The van der Waals surface area contributed by atoms with E-state index in [0.29, 0.717) is 11.1 Å². The van der Waals surface area contributed by atoms with Gasteiger partial charge in [0.2, 0.25) is 11.8 Å². The molecule has 0 radical (unpaired) electrons. The quantitative estimate of drug-likeness (QED) is 0.743. The van der Waals surface area contributed by atoms with Crippen LogP contribution in [0, 0.1) is 16.7 Å². The van der Waals surface area contributed by atoms with E-state index >= 15 is 0 Å². The molecule has 0 N–H and O–H groups in total. The van der Waals surface area contributed by atoms with Crippen LogP contribution in [0.25, 0.3) is 0 Å². The van der Waals surface area contributed by atoms with Gasteiger partial charge in [-0.25, -0.2) is 0 Å². The molecule has 1 aliphatic heterocycles. The van der Waals surface area contributed by atoms with Gasteiger partial charge in [-0.15, -0.1) is 0 Å². The number of amides is 2. The lowest BCUT2D eigenvalue weighted by Crippen LogP contribution is -2.32. The third kappa shape index (κ3) is 2.00. The van der Waals surface area contributed by atoms with E-state index in [1.165, 1.54) is 4.90 Å². The van der Waals surface area contributed by atoms with E-state index in [0.717, 1.165) is 0 Å². The molecule has 18 heavy (non-hydrogen) atoms. The van der Waals surface area contributed by atoms with Crippen molar-refractivity contribution in [1.29, 1.82) is 5.26 Å². The first kappa shape index (κ1) is 12.3. The number of likely N-dealkylation sites (tertiary alicyclic amines) is 1. The van der Waals surface area contributed by atoms with Crippen LogP contribution >= 0.6 is 0 Å². The van der Waals surface area contributed by atoms with Crippen molar-refractivity contribution in [2.24, 2.45) is 5.41 Å². The highest BCUT2D eigenvalue weighted by Crippen LogP contribution is 2.32. The Bertz CT molecular complexity index is 555. The van der Waals surface area contributed by atoms with Crippen LogP contribution in [0.3, 0.4) is 0 Å². The molecule has 1 heterocycles. The molecule has 0 spiro atoms. The van der Waals surface area contributed by atoms with E-state index in [4.69, 9.17) is 5.26 Å². The Kier molecular flexibility index (Phi) is 2.92. The molecule has 2 amide bonds. The third-order valence-electron chi connectivity index (χ3n) is 3.18. The molecule has 0 unspecified atom stereocenters. The largest absolute Gasteiger partial charge is 0.278 e. The highest BCUT2D eigenvalue weighted by Gasteiger charge is 2.44. The average Bonchev–Trinajstić information content (AvgIpc) is 2.52. The fourth-order valence-electron chi connectivity index (χ4n) is 2.13. The summed E-state index contributed by atoms with van der Waals surface area (Å²) < 4.78 is 0. The van der Waals surface area contributed by atoms with Gasteiger partial charge in [-0.3, -0.25) is 14.5 Å². The molecular weight excluding hydrogens is 228 g/mol. The van der Waals surface area contributed by atoms with E-state index in [1.807, 2.05) is 0 Å². The van der Waals surface area contributed by atoms with E-state index < -0.39 is 5.41 Å². The number of hydrogen-bond donors (Lipinski definition) is 0. The maximum Gasteiger partial charge on any atom is 0.235 e. The van der Waals surface area contributed by atoms with Crippen molar-refractivity contribution in [3.8, 4) is 6.07 Å². The minimum Gasteiger partial charge on any atom is -0.278 e. The van der Waals surface area contributed by atoms with Gasteiger partial charge >= 0.3 is 0 Å². The predicted molar refractivity (Wildman–Crippen MR) is 65.1 cm³/mol. The van der Waals surface area contributed by atoms with Crippen molar-refractivity contribution < 1.29 is 9.59 Å². The molecule has 1 aliphatic rings. The second kappa shape index (κ2) is 4.26. The van der Waals surface area contributed by atoms with E-state index in [2.05, 4.69) is 6.07 Å². The molecule has 0 aliphatic carbocycles. The Balaban J connectivity index is 2.28. The van der Waals surface area contributed by atoms with Gasteiger partial charge in [-0.2, -0.15) is 5.26 Å². The van der Waals surface area contributed by atoms with Crippen LogP contribution in [-0.4, -0.2) is 16.7 Å². The Morgan fingerprint density at radius 3 is 2.56 bits per heavy atom. The molecule has 0 atom stereocenters. The van der Waals surface area contributed by atoms with E-state index in [1.54, 1.807) is 38.1 Å². The van der Waals surface area contributed by atoms with E-state index in [-0.39, 0.29) is 24.8 Å². The number of rotatable bonds is 2. The maximum atomic E-state index is 12.1. The molecule has 1 aromatic rings. The van der Waals surface area contributed by atoms with Gasteiger partial charge in [0.05, 0.1) is 23.6 Å². The summed E-state index contributed by atoms with van der Waals surface area (Å²) in [6.07, 6.45) is 0.237. The number of carbonyl (C=O) groups excluding carboxylic acids is 2. The summed E-state index contributed by atoms with van der Waals surface area (Å²) in [4.78, 5) is 25.1. The Hall–Kier alpha value is -2.15. The second-order valence-corrected chi connectivity index (χ2v) is 5.11. The van der Waals surface area contributed by atoms with Gasteiger partial charge in [0.15, 0.2) is 0 Å². The molecule has 0 bridgehead atoms. The smallest absolute Gasteiger partial charge is 0.235 e. The van der Waals surface area contributed by atoms with E-state index in [9.17, 15) is 9.59 Å².